The van der Waals surface area contributed by atoms with Gasteiger partial charge in [-0.1, -0.05) is 60.7 Å². The van der Waals surface area contributed by atoms with Gasteiger partial charge in [0, 0.05) is 39.0 Å². The molecule has 6 rings (SSSR count). The Balaban J connectivity index is 1.28. The average Bonchev–Trinajstić information content (AvgIpc) is 3.53. The van der Waals surface area contributed by atoms with Crippen LogP contribution in [0.1, 0.15) is 56.1 Å². The molecule has 0 aliphatic carbocycles. The van der Waals surface area contributed by atoms with Gasteiger partial charge in [-0.05, 0) is 62.1 Å². The summed E-state index contributed by atoms with van der Waals surface area (Å²) in [4.78, 5) is 76.8. The molecule has 3 atom stereocenters. The van der Waals surface area contributed by atoms with Gasteiger partial charge >= 0.3 is 6.09 Å². The maximum absolute atomic E-state index is 14.0. The van der Waals surface area contributed by atoms with Crippen LogP contribution in [0.4, 0.5) is 4.79 Å². The van der Waals surface area contributed by atoms with Crippen LogP contribution in [0.3, 0.4) is 0 Å². The lowest BCUT2D eigenvalue weighted by molar-refractivity contribution is -0.140. The van der Waals surface area contributed by atoms with Gasteiger partial charge < -0.3 is 34.8 Å². The van der Waals surface area contributed by atoms with Crippen LogP contribution in [0.25, 0.3) is 21.7 Å². The second kappa shape index (κ2) is 15.5. The number of benzene rings is 3. The summed E-state index contributed by atoms with van der Waals surface area (Å²) in [6.45, 7) is 5.59. The molecule has 278 valence electrons. The number of para-hydroxylation sites is 1. The van der Waals surface area contributed by atoms with Crippen molar-refractivity contribution in [3.8, 4) is 5.75 Å². The average molecular weight is 723 g/mol. The topological polar surface area (TPSA) is 150 Å². The number of aromatic nitrogens is 1. The highest BCUT2D eigenvalue weighted by Crippen LogP contribution is 2.28. The number of ether oxygens (including phenoxy) is 2. The predicted octanol–water partition coefficient (Wildman–Crippen LogP) is 4.27. The Morgan fingerprint density at radius 2 is 1.66 bits per heavy atom. The standard InChI is InChI=1S/C40H46N6O7/c1-40(2,3)53-39(51)42-28-20-29-24-52-33-15-9-12-26-16-17-31(43-36(26)33)38(50)45(5)32(18-19-34(47)44(4)23-35(48)46(29)22-28)37(49)41-21-27-13-8-11-25-10-6-7-14-30(25)27/h6-17,28-29,32H,18-24H2,1-5H3,(H,41,49)(H,42,51)/t28-,29-,32-/m0/s1. The smallest absolute Gasteiger partial charge is 0.407 e. The fourth-order valence-electron chi connectivity index (χ4n) is 6.90. The monoisotopic (exact) mass is 722 g/mol. The molecule has 13 heteroatoms. The first kappa shape index (κ1) is 37.1. The van der Waals surface area contributed by atoms with Crippen LogP contribution in [0.5, 0.6) is 5.75 Å². The van der Waals surface area contributed by atoms with E-state index in [1.165, 1.54) is 23.9 Å². The van der Waals surface area contributed by atoms with Crippen molar-refractivity contribution >= 4 is 51.4 Å². The summed E-state index contributed by atoms with van der Waals surface area (Å²) in [6.07, 6.45) is -0.283. The van der Waals surface area contributed by atoms with Crippen LogP contribution >= 0.6 is 0 Å². The van der Waals surface area contributed by atoms with Crippen LogP contribution in [-0.4, -0.2) is 107 Å². The Morgan fingerprint density at radius 1 is 0.925 bits per heavy atom. The number of alkyl carbamates (subject to hydrolysis) is 1. The number of fused-ring (bicyclic) bond motifs is 3. The lowest BCUT2D eigenvalue weighted by atomic mass is 10.0. The molecule has 0 saturated carbocycles. The van der Waals surface area contributed by atoms with Crippen molar-refractivity contribution in [1.29, 1.82) is 0 Å². The van der Waals surface area contributed by atoms with Gasteiger partial charge in [-0.2, -0.15) is 0 Å². The molecule has 1 saturated heterocycles. The highest BCUT2D eigenvalue weighted by Gasteiger charge is 2.38. The maximum Gasteiger partial charge on any atom is 0.407 e. The van der Waals surface area contributed by atoms with E-state index in [1.54, 1.807) is 43.9 Å². The number of hydrogen-bond acceptors (Lipinski definition) is 8. The zero-order valence-electron chi connectivity index (χ0n) is 30.8. The first-order valence-electron chi connectivity index (χ1n) is 17.8. The number of carbonyl (C=O) groups excluding carboxylic acids is 5. The van der Waals surface area contributed by atoms with Crippen molar-refractivity contribution < 1.29 is 33.4 Å². The van der Waals surface area contributed by atoms with E-state index in [4.69, 9.17) is 14.5 Å². The third kappa shape index (κ3) is 8.67. The lowest BCUT2D eigenvalue weighted by Crippen LogP contribution is -2.49. The molecule has 53 heavy (non-hydrogen) atoms. The maximum atomic E-state index is 14.0. The molecular formula is C40H46N6O7. The highest BCUT2D eigenvalue weighted by atomic mass is 16.6. The van der Waals surface area contributed by atoms with Crippen molar-refractivity contribution in [3.05, 3.63) is 84.1 Å². The van der Waals surface area contributed by atoms with E-state index in [2.05, 4.69) is 10.6 Å². The molecule has 0 unspecified atom stereocenters. The van der Waals surface area contributed by atoms with E-state index in [1.807, 2.05) is 54.6 Å². The van der Waals surface area contributed by atoms with Crippen molar-refractivity contribution in [2.75, 3.05) is 33.8 Å². The summed E-state index contributed by atoms with van der Waals surface area (Å²) in [5.74, 6) is -1.19. The molecule has 3 aromatic carbocycles. The minimum atomic E-state index is -1.02. The normalized spacial score (nSPS) is 20.3. The summed E-state index contributed by atoms with van der Waals surface area (Å²) >= 11 is 0. The van der Waals surface area contributed by atoms with Gasteiger partial charge in [0.25, 0.3) is 5.91 Å². The van der Waals surface area contributed by atoms with Crippen LogP contribution in [-0.2, 0) is 25.7 Å². The van der Waals surface area contributed by atoms with E-state index < -0.39 is 41.6 Å². The molecule has 3 heterocycles. The molecule has 2 aliphatic heterocycles. The van der Waals surface area contributed by atoms with Gasteiger partial charge in [-0.15, -0.1) is 0 Å². The largest absolute Gasteiger partial charge is 0.489 e. The highest BCUT2D eigenvalue weighted by molar-refractivity contribution is 5.99. The lowest BCUT2D eigenvalue weighted by Gasteiger charge is -2.28. The number of hydrogen-bond donors (Lipinski definition) is 2. The van der Waals surface area contributed by atoms with Gasteiger partial charge in [0.1, 0.15) is 35.2 Å². The van der Waals surface area contributed by atoms with Crippen molar-refractivity contribution in [3.63, 3.8) is 0 Å². The van der Waals surface area contributed by atoms with Gasteiger partial charge in [-0.3, -0.25) is 19.2 Å². The zero-order chi connectivity index (χ0) is 37.9. The van der Waals surface area contributed by atoms with E-state index in [0.29, 0.717) is 17.7 Å². The summed E-state index contributed by atoms with van der Waals surface area (Å²) < 4.78 is 11.7. The molecular weight excluding hydrogens is 676 g/mol. The van der Waals surface area contributed by atoms with Crippen LogP contribution < -0.4 is 15.4 Å². The molecule has 13 nitrogen and oxygen atoms in total. The molecule has 1 fully saturated rings. The third-order valence-corrected chi connectivity index (χ3v) is 9.64. The van der Waals surface area contributed by atoms with E-state index >= 15 is 0 Å². The van der Waals surface area contributed by atoms with Gasteiger partial charge in [-0.25, -0.2) is 9.78 Å². The Kier molecular flexibility index (Phi) is 10.8. The fourth-order valence-corrected chi connectivity index (χ4v) is 6.90. The number of nitrogens with one attached hydrogen (secondary N) is 2. The second-order valence-corrected chi connectivity index (χ2v) is 14.7. The van der Waals surface area contributed by atoms with Crippen LogP contribution in [0.15, 0.2) is 72.8 Å². The van der Waals surface area contributed by atoms with Gasteiger partial charge in [0.15, 0.2) is 0 Å². The zero-order valence-corrected chi connectivity index (χ0v) is 30.8. The number of pyridine rings is 1. The molecule has 2 N–H and O–H groups in total. The van der Waals surface area contributed by atoms with Crippen LogP contribution in [0, 0.1) is 0 Å². The Morgan fingerprint density at radius 3 is 2.45 bits per heavy atom. The first-order valence-corrected chi connectivity index (χ1v) is 17.8. The SMILES string of the molecule is CN1CC(=O)N2C[C@@H](NC(=O)OC(C)(C)C)C[C@H]2COc2cccc3ccc(nc23)C(=O)N(C)[C@H](C(=O)NCc2cccc3ccccc23)CCC1=O. The Hall–Kier alpha value is -5.72. The third-order valence-electron chi connectivity index (χ3n) is 9.64. The second-order valence-electron chi connectivity index (χ2n) is 14.7. The number of rotatable bonds is 4. The number of likely N-dealkylation sites (N-methyl/N-ethyl adjacent to an activating group) is 2. The molecule has 5 amide bonds. The minimum Gasteiger partial charge on any atom is -0.489 e. The molecule has 2 bridgehead atoms. The Bertz CT molecular complexity index is 2040. The molecule has 1 aromatic heterocycles. The van der Waals surface area contributed by atoms with Gasteiger partial charge in [0.2, 0.25) is 17.7 Å². The van der Waals surface area contributed by atoms with Crippen molar-refractivity contribution in [2.45, 2.75) is 70.3 Å². The first-order chi connectivity index (χ1) is 25.3. The molecule has 4 aromatic rings. The summed E-state index contributed by atoms with van der Waals surface area (Å²) in [7, 11) is 3.06. The van der Waals surface area contributed by atoms with Crippen molar-refractivity contribution in [1.82, 2.24) is 30.3 Å². The summed E-state index contributed by atoms with van der Waals surface area (Å²) in [6, 6.07) is 20.7. The van der Waals surface area contributed by atoms with Crippen molar-refractivity contribution in [2.24, 2.45) is 0 Å². The number of amides is 5. The quantitative estimate of drug-likeness (QED) is 0.317. The molecule has 0 spiro atoms. The number of nitrogens with zero attached hydrogens (tertiary/aromatic N) is 4. The van der Waals surface area contributed by atoms with E-state index in [-0.39, 0.29) is 56.6 Å². The summed E-state index contributed by atoms with van der Waals surface area (Å²) in [5.41, 5.74) is 0.771. The van der Waals surface area contributed by atoms with E-state index in [9.17, 15) is 24.0 Å². The van der Waals surface area contributed by atoms with Crippen LogP contribution in [0.2, 0.25) is 0 Å². The molecule has 2 aliphatic rings. The van der Waals surface area contributed by atoms with Gasteiger partial charge in [0.05, 0.1) is 18.6 Å². The van der Waals surface area contributed by atoms with E-state index in [0.717, 1.165) is 21.7 Å². The predicted molar refractivity (Wildman–Crippen MR) is 199 cm³/mol. The number of carbonyl (C=O) groups is 5. The fraction of sp³-hybridized carbons (Fsp3) is 0.400. The Labute approximate surface area is 308 Å². The summed E-state index contributed by atoms with van der Waals surface area (Å²) in [5, 5.41) is 8.63. The molecule has 0 radical (unpaired) electrons. The minimum absolute atomic E-state index is 0.0111.